The van der Waals surface area contributed by atoms with Crippen molar-refractivity contribution in [3.05, 3.63) is 198 Å². The summed E-state index contributed by atoms with van der Waals surface area (Å²) in [5.74, 6) is 0.195. The number of aromatic nitrogens is 3. The lowest BCUT2D eigenvalue weighted by atomic mass is 9.72. The van der Waals surface area contributed by atoms with Gasteiger partial charge in [0.2, 0.25) is 0 Å². The maximum absolute atomic E-state index is 5.18. The minimum Gasteiger partial charge on any atom is -0.324 e. The van der Waals surface area contributed by atoms with Gasteiger partial charge in [0.15, 0.2) is 0 Å². The molecule has 56 heavy (non-hydrogen) atoms. The van der Waals surface area contributed by atoms with Gasteiger partial charge in [-0.25, -0.2) is 0 Å². The number of rotatable bonds is 3. The molecule has 5 heterocycles. The monoisotopic (exact) mass is 714 g/mol. The minimum absolute atomic E-state index is 0.161. The van der Waals surface area contributed by atoms with Crippen molar-refractivity contribution in [1.82, 2.24) is 19.2 Å². The lowest BCUT2D eigenvalue weighted by Gasteiger charge is -2.29. The Kier molecular flexibility index (Phi) is 5.84. The first kappa shape index (κ1) is 30.0. The van der Waals surface area contributed by atoms with E-state index in [-0.39, 0.29) is 12.0 Å². The van der Waals surface area contributed by atoms with Crippen LogP contribution in [-0.2, 0) is 5.41 Å². The third kappa shape index (κ3) is 3.68. The summed E-state index contributed by atoms with van der Waals surface area (Å²) in [6.07, 6.45) is 7.91. The van der Waals surface area contributed by atoms with E-state index < -0.39 is 5.41 Å². The Hall–Kier alpha value is -7.33. The third-order valence-corrected chi connectivity index (χ3v) is 12.8. The molecular weight excluding hydrogens is 683 g/mol. The molecule has 0 amide bonds. The first-order valence-corrected chi connectivity index (χ1v) is 19.3. The standard InChI is InChI=1S/C51H32N5/c1-4-13-41-35(9-1)38-12-7-28-54-50(38)51(41)42-14-5-2-11-39(42)47-43(51)26-25-37-36-10-3-6-15-44(36)56(49(37)47)34-23-19-32(20-24-34)31-17-21-33(22-18-31)55-45-16-8-27-53-48(45)40-29-52-30-46(40)55/h1-30,40,46H/q+1. The fourth-order valence-corrected chi connectivity index (χ4v) is 10.6. The highest BCUT2D eigenvalue weighted by atomic mass is 15.2. The van der Waals surface area contributed by atoms with Crippen molar-refractivity contribution in [2.24, 2.45) is 0 Å². The molecule has 1 spiro atoms. The van der Waals surface area contributed by atoms with Gasteiger partial charge >= 0.3 is 0 Å². The van der Waals surface area contributed by atoms with Gasteiger partial charge in [-0.2, -0.15) is 0 Å². The average Bonchev–Trinajstić information content (AvgIpc) is 4.07. The second-order valence-corrected chi connectivity index (χ2v) is 15.3. The van der Waals surface area contributed by atoms with Crippen LogP contribution in [0.5, 0.6) is 0 Å². The number of anilines is 2. The molecule has 0 bridgehead atoms. The van der Waals surface area contributed by atoms with Crippen LogP contribution in [0.4, 0.5) is 11.4 Å². The van der Waals surface area contributed by atoms with Gasteiger partial charge in [-0.3, -0.25) is 9.97 Å². The maximum Gasteiger partial charge on any atom is 0.292 e. The van der Waals surface area contributed by atoms with Crippen molar-refractivity contribution in [2.45, 2.75) is 17.4 Å². The fourth-order valence-electron chi connectivity index (χ4n) is 10.6. The van der Waals surface area contributed by atoms with Crippen LogP contribution in [-0.4, -0.2) is 33.0 Å². The highest BCUT2D eigenvalue weighted by Gasteiger charge is 2.53. The normalized spacial score (nSPS) is 19.0. The van der Waals surface area contributed by atoms with E-state index >= 15 is 0 Å². The molecule has 3 aromatic heterocycles. The van der Waals surface area contributed by atoms with Crippen molar-refractivity contribution in [3.63, 3.8) is 0 Å². The molecule has 13 rings (SSSR count). The summed E-state index contributed by atoms with van der Waals surface area (Å²) in [4.78, 5) is 12.3. The highest BCUT2D eigenvalue weighted by molar-refractivity contribution is 6.16. The van der Waals surface area contributed by atoms with Crippen LogP contribution < -0.4 is 9.57 Å². The quantitative estimate of drug-likeness (QED) is 0.171. The molecular formula is C51H32N5+. The first-order chi connectivity index (χ1) is 27.8. The number of para-hydroxylation sites is 1. The van der Waals surface area contributed by atoms with Crippen molar-refractivity contribution in [1.29, 1.82) is 0 Å². The molecule has 260 valence electrons. The molecule has 0 radical (unpaired) electrons. The smallest absolute Gasteiger partial charge is 0.292 e. The average molecular weight is 715 g/mol. The van der Waals surface area contributed by atoms with Gasteiger partial charge < -0.3 is 9.47 Å². The summed E-state index contributed by atoms with van der Waals surface area (Å²) in [6, 6.07) is 58.2. The third-order valence-electron chi connectivity index (χ3n) is 12.8. The van der Waals surface area contributed by atoms with E-state index in [4.69, 9.17) is 9.97 Å². The molecule has 0 N–H and O–H groups in total. The van der Waals surface area contributed by atoms with Gasteiger partial charge in [-0.1, -0.05) is 109 Å². The predicted molar refractivity (Wildman–Crippen MR) is 227 cm³/mol. The lowest BCUT2D eigenvalue weighted by Crippen LogP contribution is -2.29. The second-order valence-electron chi connectivity index (χ2n) is 15.3. The minimum atomic E-state index is -0.498. The Balaban J connectivity index is 0.973. The molecule has 5 nitrogen and oxygen atoms in total. The Morgan fingerprint density at radius 1 is 0.518 bits per heavy atom. The summed E-state index contributed by atoms with van der Waals surface area (Å²) >= 11 is 0. The Morgan fingerprint density at radius 2 is 1.20 bits per heavy atom. The molecule has 6 aromatic carbocycles. The second kappa shape index (κ2) is 10.9. The van der Waals surface area contributed by atoms with Crippen LogP contribution >= 0.6 is 0 Å². The zero-order chi connectivity index (χ0) is 36.5. The van der Waals surface area contributed by atoms with Crippen molar-refractivity contribution in [3.8, 4) is 39.1 Å². The summed E-state index contributed by atoms with van der Waals surface area (Å²) < 4.78 is 6.99. The van der Waals surface area contributed by atoms with Crippen molar-refractivity contribution < 1.29 is 0 Å². The number of pyridine rings is 2. The van der Waals surface area contributed by atoms with Crippen LogP contribution in [0, 0.1) is 0 Å². The predicted octanol–water partition coefficient (Wildman–Crippen LogP) is 10.4. The molecule has 3 unspecified atom stereocenters. The van der Waals surface area contributed by atoms with Crippen molar-refractivity contribution >= 4 is 45.6 Å². The van der Waals surface area contributed by atoms with Crippen LogP contribution in [0.2, 0.25) is 0 Å². The largest absolute Gasteiger partial charge is 0.324 e. The number of benzene rings is 6. The molecule has 4 aliphatic rings. The summed E-state index contributed by atoms with van der Waals surface area (Å²) in [7, 11) is 0. The highest BCUT2D eigenvalue weighted by Crippen LogP contribution is 2.63. The zero-order valence-electron chi connectivity index (χ0n) is 30.2. The summed E-state index contributed by atoms with van der Waals surface area (Å²) in [6.45, 7) is 0. The van der Waals surface area contributed by atoms with Crippen molar-refractivity contribution in [2.75, 3.05) is 4.90 Å². The Labute approximate surface area is 323 Å². The Bertz CT molecular complexity index is 3160. The topological polar surface area (TPSA) is 48.1 Å². The van der Waals surface area contributed by atoms with Gasteiger partial charge in [0.05, 0.1) is 33.5 Å². The van der Waals surface area contributed by atoms with E-state index in [9.17, 15) is 0 Å². The molecule has 0 fully saturated rings. The first-order valence-electron chi connectivity index (χ1n) is 19.3. The summed E-state index contributed by atoms with van der Waals surface area (Å²) in [5, 5.41) is 2.50. The molecule has 2 aliphatic carbocycles. The number of fused-ring (bicyclic) bond motifs is 17. The number of hydrogen-bond donors (Lipinski definition) is 0. The molecule has 5 heteroatoms. The van der Waals surface area contributed by atoms with E-state index in [2.05, 4.69) is 166 Å². The zero-order valence-corrected chi connectivity index (χ0v) is 30.2. The summed E-state index contributed by atoms with van der Waals surface area (Å²) in [5.41, 5.74) is 18.9. The van der Waals surface area contributed by atoms with Gasteiger partial charge in [-0.05, 0) is 87.5 Å². The number of hydrogen-bond acceptors (Lipinski definition) is 3. The fraction of sp³-hybridized carbons (Fsp3) is 0.0588. The van der Waals surface area contributed by atoms with E-state index in [1.165, 1.54) is 71.9 Å². The molecule has 0 saturated heterocycles. The van der Waals surface area contributed by atoms with Gasteiger partial charge in [0, 0.05) is 45.7 Å². The maximum atomic E-state index is 5.18. The van der Waals surface area contributed by atoms with E-state index in [1.54, 1.807) is 0 Å². The van der Waals surface area contributed by atoms with Crippen LogP contribution in [0.15, 0.2) is 170 Å². The van der Waals surface area contributed by atoms with Gasteiger partial charge in [-0.15, -0.1) is 4.67 Å². The molecule has 0 saturated carbocycles. The van der Waals surface area contributed by atoms with Gasteiger partial charge in [0.25, 0.3) is 12.4 Å². The molecule has 2 aliphatic heterocycles. The number of nitrogens with zero attached hydrogens (tertiary/aromatic N) is 5. The van der Waals surface area contributed by atoms with E-state index in [0.29, 0.717) is 0 Å². The molecule has 3 atom stereocenters. The van der Waals surface area contributed by atoms with E-state index in [0.717, 1.165) is 28.5 Å². The Morgan fingerprint density at radius 3 is 2.04 bits per heavy atom. The van der Waals surface area contributed by atoms with Crippen LogP contribution in [0.3, 0.4) is 0 Å². The van der Waals surface area contributed by atoms with Gasteiger partial charge in [0.1, 0.15) is 12.0 Å². The molecule has 9 aromatic rings. The van der Waals surface area contributed by atoms with Crippen LogP contribution in [0.25, 0.3) is 60.9 Å². The SMILES string of the molecule is C1=[N+]=CC2C1c1ncccc1N2c1ccc(-c2ccc(-n3c4ccccc4c4ccc5c(c43)-c3ccccc3C53c4ccccc4-c4cccnc43)cc2)cc1. The van der Waals surface area contributed by atoms with E-state index in [1.807, 2.05) is 30.9 Å². The van der Waals surface area contributed by atoms with Crippen LogP contribution in [0.1, 0.15) is 34.0 Å². The lowest BCUT2D eigenvalue weighted by molar-refractivity contribution is 0.761.